The molecule has 114 valence electrons. The molecule has 1 amide bonds. The first-order chi connectivity index (χ1) is 9.93. The highest BCUT2D eigenvalue weighted by atomic mass is 32.2. The number of aliphatic carboxylic acids is 1. The molecule has 0 aliphatic rings. The average molecular weight is 314 g/mol. The number of nitro groups is 1. The summed E-state index contributed by atoms with van der Waals surface area (Å²) in [6, 6.07) is 4.55. The van der Waals surface area contributed by atoms with Crippen molar-refractivity contribution in [2.45, 2.75) is 17.4 Å². The number of nitro benzene ring substituents is 1. The third-order valence-electron chi connectivity index (χ3n) is 2.47. The number of carbonyl (C=O) groups excluding carboxylic acids is 1. The summed E-state index contributed by atoms with van der Waals surface area (Å²) in [5.41, 5.74) is -0.0438. The summed E-state index contributed by atoms with van der Waals surface area (Å²) >= 11 is 1.13. The van der Waals surface area contributed by atoms with E-state index in [1.165, 1.54) is 24.3 Å². The van der Waals surface area contributed by atoms with Gasteiger partial charge in [0.15, 0.2) is 0 Å². The smallest absolute Gasteiger partial charge is 0.326 e. The van der Waals surface area contributed by atoms with E-state index < -0.39 is 22.8 Å². The Morgan fingerprint density at radius 1 is 1.33 bits per heavy atom. The molecule has 0 aliphatic carbocycles. The van der Waals surface area contributed by atoms with Crippen LogP contribution < -0.4 is 5.32 Å². The zero-order valence-electron chi connectivity index (χ0n) is 10.9. The van der Waals surface area contributed by atoms with Gasteiger partial charge in [0.2, 0.25) is 5.91 Å². The van der Waals surface area contributed by atoms with Gasteiger partial charge < -0.3 is 15.5 Å². The molecule has 1 rings (SSSR count). The summed E-state index contributed by atoms with van der Waals surface area (Å²) in [4.78, 5) is 33.0. The number of hydrogen-bond donors (Lipinski definition) is 3. The Morgan fingerprint density at radius 2 is 1.95 bits per heavy atom. The van der Waals surface area contributed by atoms with E-state index in [0.717, 1.165) is 11.8 Å². The molecule has 8 nitrogen and oxygen atoms in total. The monoisotopic (exact) mass is 314 g/mol. The van der Waals surface area contributed by atoms with E-state index in [4.69, 9.17) is 10.2 Å². The van der Waals surface area contributed by atoms with Gasteiger partial charge >= 0.3 is 5.97 Å². The summed E-state index contributed by atoms with van der Waals surface area (Å²) in [5, 5.41) is 30.3. The number of nitrogens with one attached hydrogen (secondary N) is 1. The van der Waals surface area contributed by atoms with Gasteiger partial charge in [-0.25, -0.2) is 4.79 Å². The first-order valence-electron chi connectivity index (χ1n) is 5.94. The van der Waals surface area contributed by atoms with Crippen molar-refractivity contribution in [1.82, 2.24) is 5.32 Å². The lowest BCUT2D eigenvalue weighted by atomic mass is 10.2. The number of carboxylic acids is 1. The summed E-state index contributed by atoms with van der Waals surface area (Å²) in [7, 11) is 0. The predicted octanol–water partition coefficient (Wildman–Crippen LogP) is 0.639. The maximum Gasteiger partial charge on any atom is 0.326 e. The van der Waals surface area contributed by atoms with Gasteiger partial charge in [0.05, 0.1) is 10.7 Å². The molecule has 0 radical (unpaired) electrons. The number of aliphatic hydroxyl groups excluding tert-OH is 1. The van der Waals surface area contributed by atoms with Crippen LogP contribution in [0.3, 0.4) is 0 Å². The highest BCUT2D eigenvalue weighted by Crippen LogP contribution is 2.21. The lowest BCUT2D eigenvalue weighted by molar-refractivity contribution is -0.384. The summed E-state index contributed by atoms with van der Waals surface area (Å²) in [6.07, 6.45) is -0.0662. The van der Waals surface area contributed by atoms with Crippen molar-refractivity contribution in [1.29, 1.82) is 0 Å². The van der Waals surface area contributed by atoms with Gasteiger partial charge in [-0.2, -0.15) is 0 Å². The molecule has 0 aliphatic heterocycles. The summed E-state index contributed by atoms with van der Waals surface area (Å²) in [5.74, 6) is -1.72. The quantitative estimate of drug-likeness (QED) is 0.364. The number of carboxylic acid groups (broad SMARTS) is 1. The molecule has 0 spiro atoms. The van der Waals surface area contributed by atoms with Gasteiger partial charge in [0, 0.05) is 30.1 Å². The first-order valence-corrected chi connectivity index (χ1v) is 6.93. The molecule has 0 saturated carbocycles. The van der Waals surface area contributed by atoms with Crippen LogP contribution in [0.4, 0.5) is 5.69 Å². The van der Waals surface area contributed by atoms with Crippen molar-refractivity contribution in [2.75, 3.05) is 12.4 Å². The third kappa shape index (κ3) is 5.79. The molecule has 0 fully saturated rings. The number of carbonyl (C=O) groups is 2. The Balaban J connectivity index is 2.48. The molecule has 0 bridgehead atoms. The van der Waals surface area contributed by atoms with Crippen LogP contribution in [0.1, 0.15) is 6.42 Å². The fourth-order valence-corrected chi connectivity index (χ4v) is 2.15. The van der Waals surface area contributed by atoms with E-state index in [9.17, 15) is 19.7 Å². The lowest BCUT2D eigenvalue weighted by Gasteiger charge is -2.12. The SMILES string of the molecule is O=C(CSc1ccc([N+](=O)[O-])cc1)N[C@H](CCO)C(=O)O. The van der Waals surface area contributed by atoms with Crippen LogP contribution in [0.2, 0.25) is 0 Å². The van der Waals surface area contributed by atoms with Crippen LogP contribution >= 0.6 is 11.8 Å². The van der Waals surface area contributed by atoms with Gasteiger partial charge in [-0.15, -0.1) is 11.8 Å². The van der Waals surface area contributed by atoms with E-state index in [1.807, 2.05) is 0 Å². The first kappa shape index (κ1) is 16.9. The predicted molar refractivity (Wildman–Crippen MR) is 75.1 cm³/mol. The molecule has 1 aromatic rings. The number of nitrogens with zero attached hydrogens (tertiary/aromatic N) is 1. The Morgan fingerprint density at radius 3 is 2.43 bits per heavy atom. The second kappa shape index (κ2) is 8.22. The van der Waals surface area contributed by atoms with Crippen LogP contribution in [-0.4, -0.2) is 45.4 Å². The van der Waals surface area contributed by atoms with Crippen molar-refractivity contribution in [3.63, 3.8) is 0 Å². The van der Waals surface area contributed by atoms with Gasteiger partial charge in [0.25, 0.3) is 5.69 Å². The van der Waals surface area contributed by atoms with Crippen LogP contribution in [-0.2, 0) is 9.59 Å². The summed E-state index contributed by atoms with van der Waals surface area (Å²) in [6.45, 7) is -0.341. The van der Waals surface area contributed by atoms with E-state index in [0.29, 0.717) is 4.90 Å². The molecule has 3 N–H and O–H groups in total. The van der Waals surface area contributed by atoms with Crippen LogP contribution in [0.15, 0.2) is 29.2 Å². The highest BCUT2D eigenvalue weighted by Gasteiger charge is 2.19. The number of aliphatic hydroxyl groups is 1. The number of rotatable bonds is 8. The van der Waals surface area contributed by atoms with Crippen molar-refractivity contribution in [3.8, 4) is 0 Å². The number of non-ortho nitro benzene ring substituents is 1. The van der Waals surface area contributed by atoms with Crippen molar-refractivity contribution < 1.29 is 24.7 Å². The van der Waals surface area contributed by atoms with Crippen LogP contribution in [0.5, 0.6) is 0 Å². The molecule has 0 heterocycles. The van der Waals surface area contributed by atoms with Crippen LogP contribution in [0.25, 0.3) is 0 Å². The summed E-state index contributed by atoms with van der Waals surface area (Å²) < 4.78 is 0. The fraction of sp³-hybridized carbons (Fsp3) is 0.333. The van der Waals surface area contributed by atoms with E-state index in [1.54, 1.807) is 0 Å². The Hall–Kier alpha value is -2.13. The highest BCUT2D eigenvalue weighted by molar-refractivity contribution is 8.00. The number of thioether (sulfide) groups is 1. The van der Waals surface area contributed by atoms with Gasteiger partial charge in [0.1, 0.15) is 6.04 Å². The number of hydrogen-bond acceptors (Lipinski definition) is 6. The molecular weight excluding hydrogens is 300 g/mol. The molecular formula is C12H14N2O6S. The molecule has 1 atom stereocenters. The zero-order valence-corrected chi connectivity index (χ0v) is 11.7. The second-order valence-corrected chi connectivity index (χ2v) is 5.06. The van der Waals surface area contributed by atoms with Crippen molar-refractivity contribution in [3.05, 3.63) is 34.4 Å². The minimum atomic E-state index is -1.21. The van der Waals surface area contributed by atoms with Gasteiger partial charge in [-0.1, -0.05) is 0 Å². The van der Waals surface area contributed by atoms with E-state index >= 15 is 0 Å². The topological polar surface area (TPSA) is 130 Å². The zero-order chi connectivity index (χ0) is 15.8. The van der Waals surface area contributed by atoms with Gasteiger partial charge in [-0.05, 0) is 12.1 Å². The maximum absolute atomic E-state index is 11.6. The molecule has 1 aromatic carbocycles. The Labute approximate surface area is 124 Å². The lowest BCUT2D eigenvalue weighted by Crippen LogP contribution is -2.42. The average Bonchev–Trinajstić information content (AvgIpc) is 2.45. The number of amides is 1. The standard InChI is InChI=1S/C12H14N2O6S/c15-6-5-10(12(17)18)13-11(16)7-21-9-3-1-8(2-4-9)14(19)20/h1-4,10,15H,5-7H2,(H,13,16)(H,17,18)/t10-/m1/s1. The van der Waals surface area contributed by atoms with Crippen molar-refractivity contribution >= 4 is 29.3 Å². The molecule has 0 aromatic heterocycles. The normalized spacial score (nSPS) is 11.7. The Kier molecular flexibility index (Phi) is 6.63. The number of benzene rings is 1. The minimum absolute atomic E-state index is 0.0208. The maximum atomic E-state index is 11.6. The van der Waals surface area contributed by atoms with Gasteiger partial charge in [-0.3, -0.25) is 14.9 Å². The minimum Gasteiger partial charge on any atom is -0.480 e. The fourth-order valence-electron chi connectivity index (χ4n) is 1.44. The third-order valence-corrected chi connectivity index (χ3v) is 3.48. The second-order valence-electron chi connectivity index (χ2n) is 4.01. The Bertz CT molecular complexity index is 519. The van der Waals surface area contributed by atoms with Crippen molar-refractivity contribution in [2.24, 2.45) is 0 Å². The largest absolute Gasteiger partial charge is 0.480 e. The molecule has 21 heavy (non-hydrogen) atoms. The van der Waals surface area contributed by atoms with E-state index in [-0.39, 0.29) is 24.5 Å². The molecule has 0 saturated heterocycles. The van der Waals surface area contributed by atoms with Crippen LogP contribution in [0, 0.1) is 10.1 Å². The molecule has 0 unspecified atom stereocenters. The van der Waals surface area contributed by atoms with E-state index in [2.05, 4.69) is 5.32 Å². The molecule has 9 heteroatoms.